The molecule has 0 amide bonds. The largest absolute Gasteiger partial charge is 0.397 e. The summed E-state index contributed by atoms with van der Waals surface area (Å²) < 4.78 is 0. The van der Waals surface area contributed by atoms with Gasteiger partial charge in [0.05, 0.1) is 89.3 Å². The first kappa shape index (κ1) is 43.3. The smallest absolute Gasteiger partial charge is 0.234 e. The Morgan fingerprint density at radius 3 is 0.986 bits per heavy atom. The highest BCUT2D eigenvalue weighted by Gasteiger charge is 2.29. The van der Waals surface area contributed by atoms with Crippen LogP contribution in [0.25, 0.3) is 123 Å². The third kappa shape index (κ3) is 7.41. The number of nitrogens with one attached hydrogen (secondary N) is 4. The van der Waals surface area contributed by atoms with E-state index in [1.165, 1.54) is 0 Å². The molecule has 352 valence electrons. The van der Waals surface area contributed by atoms with Crippen LogP contribution >= 0.6 is 0 Å². The van der Waals surface area contributed by atoms with Crippen LogP contribution in [-0.4, -0.2) is 71.4 Å². The molecule has 0 saturated heterocycles. The Labute approximate surface area is 418 Å². The molecule has 15 rings (SSSR count). The zero-order chi connectivity index (χ0) is 49.9. The molecule has 9 heterocycles. The fraction of sp³-hybridized carbons (Fsp3) is 0. The number of carbonyl (C=O) groups is 2. The Morgan fingerprint density at radius 2 is 0.649 bits per heavy atom. The predicted octanol–water partition coefficient (Wildman–Crippen LogP) is 11.3. The number of fused-ring (bicyclic) bond motifs is 12. The van der Waals surface area contributed by atoms with Gasteiger partial charge in [0.15, 0.2) is 0 Å². The number of ketones is 2. The number of nitrogens with zero attached hydrogens (tertiary/aromatic N) is 8. The third-order valence-electron chi connectivity index (χ3n) is 12.9. The van der Waals surface area contributed by atoms with Crippen molar-refractivity contribution in [2.45, 2.75) is 0 Å². The minimum absolute atomic E-state index is 0.408. The van der Waals surface area contributed by atoms with Crippen LogP contribution in [0.1, 0.15) is 20.7 Å². The second kappa shape index (κ2) is 17.6. The highest BCUT2D eigenvalue weighted by molar-refractivity contribution is 6.53. The topological polar surface area (TPSA) is 252 Å². The van der Waals surface area contributed by atoms with Crippen LogP contribution in [0, 0.1) is 0 Å². The van der Waals surface area contributed by atoms with E-state index in [-0.39, 0.29) is 0 Å². The Bertz CT molecular complexity index is 4210. The van der Waals surface area contributed by atoms with Crippen LogP contribution in [0.2, 0.25) is 0 Å². The highest BCUT2D eigenvalue weighted by Crippen LogP contribution is 2.36. The average Bonchev–Trinajstić information content (AvgIpc) is 4.33. The van der Waals surface area contributed by atoms with Gasteiger partial charge in [-0.2, -0.15) is 0 Å². The maximum absolute atomic E-state index is 11.8. The fourth-order valence-corrected chi connectivity index (χ4v) is 9.43. The van der Waals surface area contributed by atoms with Gasteiger partial charge in [-0.25, -0.2) is 29.9 Å². The number of aromatic amines is 4. The molecule has 16 nitrogen and oxygen atoms in total. The van der Waals surface area contributed by atoms with Gasteiger partial charge in [0.25, 0.3) is 0 Å². The predicted molar refractivity (Wildman–Crippen MR) is 289 cm³/mol. The van der Waals surface area contributed by atoms with Crippen molar-refractivity contribution in [1.29, 1.82) is 0 Å². The van der Waals surface area contributed by atoms with E-state index in [9.17, 15) is 9.59 Å². The number of Topliss-reactive ketones (excluding diaryl/α,β-unsaturated/α-hetero) is 2. The molecule has 16 heteroatoms. The number of aromatic nitrogens is 12. The minimum atomic E-state index is -0.408. The van der Waals surface area contributed by atoms with E-state index < -0.39 is 11.6 Å². The Morgan fingerprint density at radius 1 is 0.324 bits per heavy atom. The summed E-state index contributed by atoms with van der Waals surface area (Å²) in [5.74, 6) is -0.816. The summed E-state index contributed by atoms with van der Waals surface area (Å²) in [7, 11) is 0. The molecule has 74 heavy (non-hydrogen) atoms. The number of hydrogen-bond donors (Lipinski definition) is 6. The van der Waals surface area contributed by atoms with E-state index in [1.54, 1.807) is 48.8 Å². The summed E-state index contributed by atoms with van der Waals surface area (Å²) in [6.45, 7) is 0. The highest BCUT2D eigenvalue weighted by atomic mass is 16.2. The minimum Gasteiger partial charge on any atom is -0.397 e. The zero-order valence-corrected chi connectivity index (χ0v) is 38.9. The van der Waals surface area contributed by atoms with Crippen molar-refractivity contribution in [1.82, 2.24) is 59.8 Å². The molecule has 0 fully saturated rings. The van der Waals surface area contributed by atoms with Gasteiger partial charge in [-0.1, -0.05) is 48.5 Å². The molecule has 8 N–H and O–H groups in total. The zero-order valence-electron chi connectivity index (χ0n) is 38.9. The summed E-state index contributed by atoms with van der Waals surface area (Å²) in [6.07, 6.45) is 11.0. The second-order valence-corrected chi connectivity index (χ2v) is 17.4. The fourth-order valence-electron chi connectivity index (χ4n) is 9.43. The Balaban J connectivity index is 0.000000118. The molecular formula is C58H38N14O2. The monoisotopic (exact) mass is 962 g/mol. The average molecular weight is 963 g/mol. The van der Waals surface area contributed by atoms with Crippen molar-refractivity contribution in [3.8, 4) is 56.7 Å². The van der Waals surface area contributed by atoms with E-state index in [0.29, 0.717) is 33.5 Å². The van der Waals surface area contributed by atoms with Gasteiger partial charge in [0, 0.05) is 59.1 Å². The summed E-state index contributed by atoms with van der Waals surface area (Å²) >= 11 is 0. The van der Waals surface area contributed by atoms with Crippen LogP contribution in [-0.2, 0) is 0 Å². The third-order valence-corrected chi connectivity index (χ3v) is 12.9. The molecular weight excluding hydrogens is 925 g/mol. The molecule has 0 atom stereocenters. The number of nitrogen functional groups attached to an aromatic ring is 2. The van der Waals surface area contributed by atoms with E-state index in [2.05, 4.69) is 29.9 Å². The van der Waals surface area contributed by atoms with Gasteiger partial charge in [-0.3, -0.25) is 19.6 Å². The lowest BCUT2D eigenvalue weighted by Crippen LogP contribution is -2.20. The van der Waals surface area contributed by atoms with Crippen molar-refractivity contribution in [2.75, 3.05) is 11.5 Å². The van der Waals surface area contributed by atoms with Gasteiger partial charge in [0.2, 0.25) is 11.6 Å². The van der Waals surface area contributed by atoms with E-state index in [4.69, 9.17) is 41.4 Å². The number of rotatable bonds is 4. The summed E-state index contributed by atoms with van der Waals surface area (Å²) in [4.78, 5) is 75.3. The molecule has 0 saturated carbocycles. The Hall–Kier alpha value is -10.7. The van der Waals surface area contributed by atoms with E-state index in [1.807, 2.05) is 134 Å². The van der Waals surface area contributed by atoms with Gasteiger partial charge in [0.1, 0.15) is 22.8 Å². The normalized spacial score (nSPS) is 11.9. The van der Waals surface area contributed by atoms with Gasteiger partial charge in [-0.05, 0) is 108 Å². The molecule has 0 bridgehead atoms. The number of H-pyrrole nitrogens is 4. The maximum atomic E-state index is 11.8. The van der Waals surface area contributed by atoms with Crippen LogP contribution in [0.4, 0.5) is 11.4 Å². The van der Waals surface area contributed by atoms with Gasteiger partial charge >= 0.3 is 0 Å². The SMILES string of the molecule is Nc1cc2nc(-c3ccc[nH]3)c(-c3ccc[nH]3)nc2cc1N.O=C1C(=O)c2ccccc2-c2ccccc21.c1c[nH]c(-c2nc3cc4nc5c6cccnc6c6ncccc6c5nc4cc3nc2-c2ccc[nH]2)c1. The lowest BCUT2D eigenvalue weighted by atomic mass is 9.84. The standard InChI is InChI=1S/C28H16N8.C16H14N6.C14H8O2/c1-5-15-23(31-11-1)24-16(6-2-12-32-24)26-25(15)33-19-13-21-22(14-20(19)34-26)36-28(18-8-4-10-30-18)27(35-21)17-7-3-9-29-17;17-9-7-13-14(8-10(9)18)22-16(12-4-2-6-20-12)15(21-13)11-3-1-5-19-11;15-13-11-7-3-1-5-9(11)10-6-2-4-8-12(10)14(13)16/h1-14,29-30H;1-8,19-20H,17-18H2;1-8H. The molecule has 1 aliphatic carbocycles. The van der Waals surface area contributed by atoms with Crippen LogP contribution < -0.4 is 11.5 Å². The first-order valence-corrected chi connectivity index (χ1v) is 23.5. The van der Waals surface area contributed by atoms with Crippen LogP contribution in [0.3, 0.4) is 0 Å². The van der Waals surface area contributed by atoms with Crippen molar-refractivity contribution >= 4 is 88.9 Å². The molecule has 1 aliphatic rings. The molecule has 9 aromatic heterocycles. The summed E-state index contributed by atoms with van der Waals surface area (Å²) in [5, 5.41) is 1.85. The molecule has 0 spiro atoms. The maximum Gasteiger partial charge on any atom is 0.234 e. The van der Waals surface area contributed by atoms with E-state index in [0.717, 1.165) is 112 Å². The summed E-state index contributed by atoms with van der Waals surface area (Å²) in [6, 6.07) is 45.4. The lowest BCUT2D eigenvalue weighted by molar-refractivity contribution is 0.0815. The number of benzene rings is 5. The van der Waals surface area contributed by atoms with Crippen molar-refractivity contribution < 1.29 is 9.59 Å². The molecule has 0 unspecified atom stereocenters. The number of carbonyl (C=O) groups excluding carboxylic acids is 2. The first-order valence-electron chi connectivity index (χ1n) is 23.5. The van der Waals surface area contributed by atoms with Crippen molar-refractivity contribution in [3.63, 3.8) is 0 Å². The van der Waals surface area contributed by atoms with Crippen molar-refractivity contribution in [3.05, 3.63) is 194 Å². The van der Waals surface area contributed by atoms with Gasteiger partial charge < -0.3 is 31.4 Å². The molecule has 0 aliphatic heterocycles. The quantitative estimate of drug-likeness (QED) is 0.0417. The molecule has 5 aromatic carbocycles. The van der Waals surface area contributed by atoms with Crippen molar-refractivity contribution in [2.24, 2.45) is 0 Å². The van der Waals surface area contributed by atoms with Gasteiger partial charge in [-0.15, -0.1) is 0 Å². The van der Waals surface area contributed by atoms with Crippen LogP contribution in [0.5, 0.6) is 0 Å². The van der Waals surface area contributed by atoms with Crippen LogP contribution in [0.15, 0.2) is 183 Å². The molecule has 14 aromatic rings. The molecule has 0 radical (unpaired) electrons. The van der Waals surface area contributed by atoms with E-state index >= 15 is 0 Å². The lowest BCUT2D eigenvalue weighted by Gasteiger charge is -2.16. The number of nitrogens with two attached hydrogens (primary N) is 2. The second-order valence-electron chi connectivity index (χ2n) is 17.4. The Kier molecular flexibility index (Phi) is 10.3. The number of hydrogen-bond acceptors (Lipinski definition) is 12. The number of pyridine rings is 2. The first-order chi connectivity index (χ1) is 36.3. The summed E-state index contributed by atoms with van der Waals surface area (Å²) in [5.41, 5.74) is 29.8. The number of anilines is 2.